The number of thiophene rings is 1. The second kappa shape index (κ2) is 6.97. The van der Waals surface area contributed by atoms with Crippen LogP contribution in [0.4, 0.5) is 0 Å². The van der Waals surface area contributed by atoms with Gasteiger partial charge in [-0.15, -0.1) is 23.7 Å². The monoisotopic (exact) mass is 288 g/mol. The van der Waals surface area contributed by atoms with Gasteiger partial charge in [-0.1, -0.05) is 17.7 Å². The fourth-order valence-corrected chi connectivity index (χ4v) is 2.50. The zero-order valence-corrected chi connectivity index (χ0v) is 11.8. The normalized spacial score (nSPS) is 10.0. The fraction of sp³-hybridized carbons (Fsp3) is 0.250. The van der Waals surface area contributed by atoms with Crippen molar-refractivity contribution in [3.8, 4) is 0 Å². The molecule has 0 spiro atoms. The van der Waals surface area contributed by atoms with E-state index in [4.69, 9.17) is 11.6 Å². The van der Waals surface area contributed by atoms with Crippen LogP contribution >= 0.6 is 35.3 Å². The number of nitrogens with one attached hydrogen (secondary N) is 1. The molecule has 0 amide bonds. The van der Waals surface area contributed by atoms with Crippen LogP contribution in [-0.2, 0) is 13.1 Å². The maximum absolute atomic E-state index is 5.96. The van der Waals surface area contributed by atoms with E-state index in [1.54, 1.807) is 6.20 Å². The van der Waals surface area contributed by atoms with E-state index < -0.39 is 0 Å². The fourth-order valence-electron chi connectivity index (χ4n) is 1.45. The van der Waals surface area contributed by atoms with E-state index in [2.05, 4.69) is 29.4 Å². The number of pyridine rings is 1. The van der Waals surface area contributed by atoms with Crippen LogP contribution in [0.25, 0.3) is 0 Å². The van der Waals surface area contributed by atoms with Crippen molar-refractivity contribution in [2.24, 2.45) is 0 Å². The summed E-state index contributed by atoms with van der Waals surface area (Å²) in [4.78, 5) is 6.73. The van der Waals surface area contributed by atoms with E-state index >= 15 is 0 Å². The van der Waals surface area contributed by atoms with Crippen LogP contribution in [0.2, 0.25) is 5.15 Å². The molecule has 0 aromatic carbocycles. The number of nitrogens with zero attached hydrogens (tertiary/aromatic N) is 1. The lowest BCUT2D eigenvalue weighted by atomic mass is 10.3. The van der Waals surface area contributed by atoms with E-state index in [-0.39, 0.29) is 12.4 Å². The largest absolute Gasteiger partial charge is 0.308 e. The van der Waals surface area contributed by atoms with Gasteiger partial charge in [0, 0.05) is 34.6 Å². The molecule has 0 aliphatic carbocycles. The number of hydrogen-bond acceptors (Lipinski definition) is 3. The van der Waals surface area contributed by atoms with Crippen molar-refractivity contribution in [1.29, 1.82) is 0 Å². The van der Waals surface area contributed by atoms with Crippen molar-refractivity contribution in [2.45, 2.75) is 20.0 Å². The second-order valence-electron chi connectivity index (χ2n) is 3.57. The lowest BCUT2D eigenvalue weighted by molar-refractivity contribution is 0.699. The summed E-state index contributed by atoms with van der Waals surface area (Å²) in [5, 5.41) is 3.94. The third-order valence-electron chi connectivity index (χ3n) is 2.25. The summed E-state index contributed by atoms with van der Waals surface area (Å²) in [5.41, 5.74) is 1.04. The van der Waals surface area contributed by atoms with Gasteiger partial charge in [0.05, 0.1) is 0 Å². The van der Waals surface area contributed by atoms with Crippen LogP contribution in [0.5, 0.6) is 0 Å². The first-order chi connectivity index (χ1) is 7.75. The molecule has 17 heavy (non-hydrogen) atoms. The Hall–Kier alpha value is -0.610. The molecule has 2 heterocycles. The Bertz CT molecular complexity index is 471. The maximum Gasteiger partial charge on any atom is 0.133 e. The number of rotatable bonds is 4. The van der Waals surface area contributed by atoms with Crippen LogP contribution < -0.4 is 5.32 Å². The molecule has 0 bridgehead atoms. The van der Waals surface area contributed by atoms with Crippen molar-refractivity contribution in [3.05, 3.63) is 50.9 Å². The lowest BCUT2D eigenvalue weighted by Crippen LogP contribution is -2.12. The van der Waals surface area contributed by atoms with E-state index in [0.717, 1.165) is 18.7 Å². The second-order valence-corrected chi connectivity index (χ2v) is 5.30. The van der Waals surface area contributed by atoms with Crippen LogP contribution in [0.3, 0.4) is 0 Å². The molecule has 92 valence electrons. The lowest BCUT2D eigenvalue weighted by Gasteiger charge is -2.04. The van der Waals surface area contributed by atoms with Gasteiger partial charge in [0.15, 0.2) is 0 Å². The minimum absolute atomic E-state index is 0. The van der Waals surface area contributed by atoms with Crippen molar-refractivity contribution >= 4 is 35.3 Å². The Kier molecular flexibility index (Phi) is 5.92. The van der Waals surface area contributed by atoms with Crippen LogP contribution in [0, 0.1) is 6.92 Å². The SMILES string of the molecule is Cc1ccc(CNCc2cccnc2Cl)s1.Cl. The molecule has 0 fully saturated rings. The average molecular weight is 289 g/mol. The molecule has 0 saturated carbocycles. The Morgan fingerprint density at radius 3 is 2.76 bits per heavy atom. The van der Waals surface area contributed by atoms with E-state index in [1.165, 1.54) is 9.75 Å². The average Bonchev–Trinajstić information content (AvgIpc) is 2.67. The number of aryl methyl sites for hydroxylation is 1. The van der Waals surface area contributed by atoms with Gasteiger partial charge in [-0.05, 0) is 25.1 Å². The molecule has 0 saturated heterocycles. The minimum atomic E-state index is 0. The van der Waals surface area contributed by atoms with Crippen LogP contribution in [-0.4, -0.2) is 4.98 Å². The van der Waals surface area contributed by atoms with Gasteiger partial charge in [0.2, 0.25) is 0 Å². The molecule has 2 aromatic heterocycles. The molecule has 0 radical (unpaired) electrons. The molecule has 1 N–H and O–H groups in total. The third-order valence-corrected chi connectivity index (χ3v) is 3.59. The molecule has 2 nitrogen and oxygen atoms in total. The van der Waals surface area contributed by atoms with E-state index in [1.807, 2.05) is 23.5 Å². The quantitative estimate of drug-likeness (QED) is 0.866. The Morgan fingerprint density at radius 2 is 2.12 bits per heavy atom. The van der Waals surface area contributed by atoms with Crippen molar-refractivity contribution in [1.82, 2.24) is 10.3 Å². The van der Waals surface area contributed by atoms with Gasteiger partial charge in [-0.3, -0.25) is 0 Å². The number of aromatic nitrogens is 1. The summed E-state index contributed by atoms with van der Waals surface area (Å²) in [7, 11) is 0. The number of hydrogen-bond donors (Lipinski definition) is 1. The number of halogens is 2. The van der Waals surface area contributed by atoms with Crippen molar-refractivity contribution in [3.63, 3.8) is 0 Å². The first-order valence-electron chi connectivity index (χ1n) is 5.11. The van der Waals surface area contributed by atoms with Gasteiger partial charge in [-0.25, -0.2) is 4.98 Å². The minimum Gasteiger partial charge on any atom is -0.308 e. The standard InChI is InChI=1S/C12H13ClN2S.ClH/c1-9-4-5-11(16-9)8-14-7-10-3-2-6-15-12(10)13;/h2-6,14H,7-8H2,1H3;1H. The molecule has 0 aliphatic rings. The maximum atomic E-state index is 5.96. The van der Waals surface area contributed by atoms with Crippen LogP contribution in [0.15, 0.2) is 30.5 Å². The summed E-state index contributed by atoms with van der Waals surface area (Å²) in [6, 6.07) is 8.18. The molecular formula is C12H14Cl2N2S. The highest BCUT2D eigenvalue weighted by Gasteiger charge is 2.00. The Labute approximate surface area is 116 Å². The predicted octanol–water partition coefficient (Wildman–Crippen LogP) is 3.82. The smallest absolute Gasteiger partial charge is 0.133 e. The highest BCUT2D eigenvalue weighted by molar-refractivity contribution is 7.11. The van der Waals surface area contributed by atoms with Crippen LogP contribution in [0.1, 0.15) is 15.3 Å². The van der Waals surface area contributed by atoms with Gasteiger partial charge in [-0.2, -0.15) is 0 Å². The van der Waals surface area contributed by atoms with Gasteiger partial charge >= 0.3 is 0 Å². The van der Waals surface area contributed by atoms with Crippen molar-refractivity contribution < 1.29 is 0 Å². The summed E-state index contributed by atoms with van der Waals surface area (Å²) in [6.45, 7) is 3.75. The Morgan fingerprint density at radius 1 is 1.29 bits per heavy atom. The molecule has 0 aliphatic heterocycles. The molecule has 0 atom stereocenters. The summed E-state index contributed by atoms with van der Waals surface area (Å²) < 4.78 is 0. The van der Waals surface area contributed by atoms with Gasteiger partial charge < -0.3 is 5.32 Å². The van der Waals surface area contributed by atoms with Gasteiger partial charge in [0.25, 0.3) is 0 Å². The van der Waals surface area contributed by atoms with E-state index in [0.29, 0.717) is 5.15 Å². The summed E-state index contributed by atoms with van der Waals surface area (Å²) in [5.74, 6) is 0. The first kappa shape index (κ1) is 14.5. The van der Waals surface area contributed by atoms with Crippen molar-refractivity contribution in [2.75, 3.05) is 0 Å². The molecule has 2 aromatic rings. The van der Waals surface area contributed by atoms with Gasteiger partial charge in [0.1, 0.15) is 5.15 Å². The zero-order chi connectivity index (χ0) is 11.4. The summed E-state index contributed by atoms with van der Waals surface area (Å²) in [6.07, 6.45) is 1.70. The zero-order valence-electron chi connectivity index (χ0n) is 9.44. The Balaban J connectivity index is 0.00000144. The summed E-state index contributed by atoms with van der Waals surface area (Å²) >= 11 is 7.78. The third kappa shape index (κ3) is 4.28. The highest BCUT2D eigenvalue weighted by Crippen LogP contribution is 2.15. The molecular weight excluding hydrogens is 275 g/mol. The van der Waals surface area contributed by atoms with E-state index in [9.17, 15) is 0 Å². The molecule has 2 rings (SSSR count). The molecule has 5 heteroatoms. The first-order valence-corrected chi connectivity index (χ1v) is 6.30. The topological polar surface area (TPSA) is 24.9 Å². The molecule has 0 unspecified atom stereocenters. The predicted molar refractivity (Wildman–Crippen MR) is 76.1 cm³/mol. The highest BCUT2D eigenvalue weighted by atomic mass is 35.5.